The molecule has 158 valence electrons. The highest BCUT2D eigenvalue weighted by molar-refractivity contribution is 7.86. The van der Waals surface area contributed by atoms with Crippen molar-refractivity contribution in [3.63, 3.8) is 0 Å². The van der Waals surface area contributed by atoms with Crippen molar-refractivity contribution in [2.45, 2.75) is 46.6 Å². The first kappa shape index (κ1) is 25.3. The van der Waals surface area contributed by atoms with Gasteiger partial charge in [-0.2, -0.15) is 8.42 Å². The minimum Gasteiger partial charge on any atom is -0.479 e. The third kappa shape index (κ3) is 8.22. The number of aliphatic hydroxyl groups is 1. The van der Waals surface area contributed by atoms with E-state index in [0.29, 0.717) is 0 Å². The van der Waals surface area contributed by atoms with Gasteiger partial charge < -0.3 is 20.3 Å². The molecule has 10 nitrogen and oxygen atoms in total. The first-order valence-corrected chi connectivity index (χ1v) is 9.96. The van der Waals surface area contributed by atoms with Gasteiger partial charge in [-0.3, -0.25) is 13.8 Å². The van der Waals surface area contributed by atoms with Gasteiger partial charge in [0.15, 0.2) is 0 Å². The van der Waals surface area contributed by atoms with Crippen molar-refractivity contribution in [3.8, 4) is 0 Å². The highest BCUT2D eigenvalue weighted by Crippen LogP contribution is 2.33. The van der Waals surface area contributed by atoms with Crippen molar-refractivity contribution >= 4 is 28.0 Å². The van der Waals surface area contributed by atoms with E-state index in [9.17, 15) is 33.0 Å². The molecular weight excluding hydrogens is 382 g/mol. The highest BCUT2D eigenvalue weighted by atomic mass is 32.2. The maximum Gasteiger partial charge on any atom is 0.339 e. The van der Waals surface area contributed by atoms with Crippen molar-refractivity contribution in [3.05, 3.63) is 0 Å². The fourth-order valence-corrected chi connectivity index (χ4v) is 2.91. The van der Waals surface area contributed by atoms with Gasteiger partial charge in [-0.1, -0.05) is 27.7 Å². The second-order valence-electron chi connectivity index (χ2n) is 7.17. The van der Waals surface area contributed by atoms with E-state index < -0.39 is 58.0 Å². The number of esters is 1. The van der Waals surface area contributed by atoms with Crippen molar-refractivity contribution in [2.75, 3.05) is 25.5 Å². The smallest absolute Gasteiger partial charge is 0.339 e. The summed E-state index contributed by atoms with van der Waals surface area (Å²) in [5.74, 6) is -3.58. The Labute approximate surface area is 159 Å². The van der Waals surface area contributed by atoms with Gasteiger partial charge in [0.1, 0.15) is 6.61 Å². The topological polar surface area (TPSA) is 156 Å². The van der Waals surface area contributed by atoms with E-state index in [0.717, 1.165) is 0 Å². The number of carbonyl (C=O) groups excluding carboxylic acids is 2. The van der Waals surface area contributed by atoms with E-state index in [-0.39, 0.29) is 18.9 Å². The predicted molar refractivity (Wildman–Crippen MR) is 95.2 cm³/mol. The molecule has 0 aliphatic rings. The van der Waals surface area contributed by atoms with E-state index in [2.05, 4.69) is 5.32 Å². The largest absolute Gasteiger partial charge is 0.479 e. The Balaban J connectivity index is 4.97. The van der Waals surface area contributed by atoms with Gasteiger partial charge in [-0.15, -0.1) is 0 Å². The maximum absolute atomic E-state index is 11.9. The lowest BCUT2D eigenvalue weighted by molar-refractivity contribution is -0.190. The normalized spacial score (nSPS) is 14.5. The van der Waals surface area contributed by atoms with Crippen molar-refractivity contribution in [1.82, 2.24) is 5.32 Å². The van der Waals surface area contributed by atoms with E-state index in [1.54, 1.807) is 13.8 Å². The standard InChI is InChI=1S/C16H29NO9S/c1-11(2)13(19)25-10-16(22,14(20)21)15(4,5)9-26-27(23,24)8-6-7-17-12(3)18/h11,22H,6-10H2,1-5H3,(H,17,18)(H,20,21)/t16-/m1/s1. The number of aliphatic carboxylic acids is 1. The van der Waals surface area contributed by atoms with E-state index >= 15 is 0 Å². The molecule has 0 spiro atoms. The number of carboxylic acids is 1. The van der Waals surface area contributed by atoms with Gasteiger partial charge >= 0.3 is 11.9 Å². The Morgan fingerprint density at radius 1 is 1.15 bits per heavy atom. The first-order valence-electron chi connectivity index (χ1n) is 8.38. The number of hydrogen-bond acceptors (Lipinski definition) is 8. The Bertz CT molecular complexity index is 642. The van der Waals surface area contributed by atoms with Crippen LogP contribution in [0.4, 0.5) is 0 Å². The van der Waals surface area contributed by atoms with Crippen LogP contribution < -0.4 is 5.32 Å². The highest BCUT2D eigenvalue weighted by Gasteiger charge is 2.52. The number of carboxylic acid groups (broad SMARTS) is 1. The summed E-state index contributed by atoms with van der Waals surface area (Å²) >= 11 is 0. The molecule has 0 aromatic rings. The Morgan fingerprint density at radius 2 is 1.70 bits per heavy atom. The summed E-state index contributed by atoms with van der Waals surface area (Å²) < 4.78 is 33.5. The number of carbonyl (C=O) groups is 3. The van der Waals surface area contributed by atoms with Crippen molar-refractivity contribution in [1.29, 1.82) is 0 Å². The Kier molecular flexibility index (Phi) is 9.36. The quantitative estimate of drug-likeness (QED) is 0.227. The Hall–Kier alpha value is -1.72. The van der Waals surface area contributed by atoms with E-state index in [1.807, 2.05) is 0 Å². The molecule has 0 aliphatic carbocycles. The lowest BCUT2D eigenvalue weighted by atomic mass is 9.76. The zero-order valence-electron chi connectivity index (χ0n) is 16.3. The number of hydrogen-bond donors (Lipinski definition) is 3. The maximum atomic E-state index is 11.9. The minimum atomic E-state index is -4.01. The fourth-order valence-electron chi connectivity index (χ4n) is 1.82. The van der Waals surface area contributed by atoms with Crippen molar-refractivity contribution < 1.29 is 41.9 Å². The molecule has 3 N–H and O–H groups in total. The van der Waals surface area contributed by atoms with Crippen LogP contribution in [-0.4, -0.2) is 67.6 Å². The van der Waals surface area contributed by atoms with Crippen LogP contribution in [0.5, 0.6) is 0 Å². The molecule has 0 saturated heterocycles. The number of amides is 1. The predicted octanol–water partition coefficient (Wildman–Crippen LogP) is -0.0999. The molecule has 0 heterocycles. The summed E-state index contributed by atoms with van der Waals surface area (Å²) in [6.45, 7) is 5.62. The lowest BCUT2D eigenvalue weighted by Crippen LogP contribution is -2.57. The molecule has 0 aliphatic heterocycles. The van der Waals surface area contributed by atoms with Crippen molar-refractivity contribution in [2.24, 2.45) is 11.3 Å². The number of nitrogens with one attached hydrogen (secondary N) is 1. The van der Waals surface area contributed by atoms with Gasteiger partial charge in [0.25, 0.3) is 10.1 Å². The molecule has 0 aromatic carbocycles. The molecule has 0 unspecified atom stereocenters. The molecule has 0 aromatic heterocycles. The van der Waals surface area contributed by atoms with Gasteiger partial charge in [-0.05, 0) is 6.42 Å². The molecule has 0 radical (unpaired) electrons. The van der Waals surface area contributed by atoms with Crippen LogP contribution in [0, 0.1) is 11.3 Å². The lowest BCUT2D eigenvalue weighted by Gasteiger charge is -2.38. The monoisotopic (exact) mass is 411 g/mol. The molecule has 27 heavy (non-hydrogen) atoms. The molecule has 1 atom stereocenters. The average Bonchev–Trinajstić information content (AvgIpc) is 2.54. The first-order chi connectivity index (χ1) is 12.1. The van der Waals surface area contributed by atoms with E-state index in [4.69, 9.17) is 8.92 Å². The molecule has 0 rings (SSSR count). The van der Waals surface area contributed by atoms with Crippen LogP contribution >= 0.6 is 0 Å². The summed E-state index contributed by atoms with van der Waals surface area (Å²) in [6, 6.07) is 0. The molecule has 0 saturated carbocycles. The van der Waals surface area contributed by atoms with Crippen LogP contribution in [0.2, 0.25) is 0 Å². The second-order valence-corrected chi connectivity index (χ2v) is 8.93. The van der Waals surface area contributed by atoms with Crippen LogP contribution in [-0.2, 0) is 33.4 Å². The molecular formula is C16H29NO9S. The average molecular weight is 411 g/mol. The SMILES string of the molecule is CC(=O)NCCCS(=O)(=O)OCC(C)(C)[C@@](O)(COC(=O)C(C)C)C(=O)O. The van der Waals surface area contributed by atoms with Gasteiger partial charge in [0.2, 0.25) is 11.5 Å². The zero-order chi connectivity index (χ0) is 21.5. The summed E-state index contributed by atoms with van der Waals surface area (Å²) in [4.78, 5) is 33.9. The fraction of sp³-hybridized carbons (Fsp3) is 0.812. The third-order valence-corrected chi connectivity index (χ3v) is 5.18. The molecule has 11 heteroatoms. The third-order valence-electron chi connectivity index (χ3n) is 3.91. The van der Waals surface area contributed by atoms with Gasteiger partial charge in [0.05, 0.1) is 18.3 Å². The number of rotatable bonds is 12. The minimum absolute atomic E-state index is 0.109. The van der Waals surface area contributed by atoms with Crippen LogP contribution in [0.3, 0.4) is 0 Å². The van der Waals surface area contributed by atoms with E-state index in [1.165, 1.54) is 20.8 Å². The summed E-state index contributed by atoms with van der Waals surface area (Å²) in [6.07, 6.45) is 0.109. The summed E-state index contributed by atoms with van der Waals surface area (Å²) in [5, 5.41) is 22.3. The van der Waals surface area contributed by atoms with Gasteiger partial charge in [-0.25, -0.2) is 4.79 Å². The Morgan fingerprint density at radius 3 is 2.15 bits per heavy atom. The zero-order valence-corrected chi connectivity index (χ0v) is 17.1. The van der Waals surface area contributed by atoms with Crippen LogP contribution in [0.25, 0.3) is 0 Å². The van der Waals surface area contributed by atoms with Crippen LogP contribution in [0.1, 0.15) is 41.0 Å². The molecule has 1 amide bonds. The summed E-state index contributed by atoms with van der Waals surface area (Å²) in [7, 11) is -4.01. The number of ether oxygens (including phenoxy) is 1. The molecule has 0 bridgehead atoms. The molecule has 0 fully saturated rings. The summed E-state index contributed by atoms with van der Waals surface area (Å²) in [5.41, 5.74) is -4.15. The van der Waals surface area contributed by atoms with Gasteiger partial charge in [0, 0.05) is 18.9 Å². The second kappa shape index (κ2) is 10.00. The van der Waals surface area contributed by atoms with Crippen LogP contribution in [0.15, 0.2) is 0 Å².